The van der Waals surface area contributed by atoms with Crippen LogP contribution in [0.3, 0.4) is 0 Å². The lowest BCUT2D eigenvalue weighted by Gasteiger charge is -2.26. The fraction of sp³-hybridized carbons (Fsp3) is 0.550. The molecule has 1 atom stereocenters. The predicted octanol–water partition coefficient (Wildman–Crippen LogP) is 3.55. The molecule has 2 N–H and O–H groups in total. The first-order valence-electron chi connectivity index (χ1n) is 9.78. The molecule has 1 aliphatic carbocycles. The van der Waals surface area contributed by atoms with Gasteiger partial charge in [-0.15, -0.1) is 0 Å². The van der Waals surface area contributed by atoms with Crippen molar-refractivity contribution in [1.29, 1.82) is 0 Å². The Bertz CT molecular complexity index is 742. The molecular formula is C20H27N5O. The Labute approximate surface area is 154 Å². The largest absolute Gasteiger partial charge is 0.325 e. The number of benzene rings is 1. The Morgan fingerprint density at radius 3 is 2.50 bits per heavy atom. The third kappa shape index (κ3) is 3.96. The monoisotopic (exact) mass is 353 g/mol. The maximum atomic E-state index is 12.6. The van der Waals surface area contributed by atoms with Crippen LogP contribution in [0.1, 0.15) is 57.2 Å². The Morgan fingerprint density at radius 1 is 1.15 bits per heavy atom. The van der Waals surface area contributed by atoms with Crippen molar-refractivity contribution in [2.24, 2.45) is 0 Å². The van der Waals surface area contributed by atoms with Crippen LogP contribution in [0.2, 0.25) is 0 Å². The zero-order valence-corrected chi connectivity index (χ0v) is 15.4. The third-order valence-corrected chi connectivity index (χ3v) is 5.45. The molecule has 6 heteroatoms. The molecule has 0 spiro atoms. The van der Waals surface area contributed by atoms with Crippen LogP contribution in [0.25, 0.3) is 11.4 Å². The van der Waals surface area contributed by atoms with E-state index in [1.165, 1.54) is 38.5 Å². The number of carbonyl (C=O) groups is 1. The Morgan fingerprint density at radius 2 is 1.85 bits per heavy atom. The summed E-state index contributed by atoms with van der Waals surface area (Å²) >= 11 is 0. The maximum absolute atomic E-state index is 12.6. The molecule has 0 radical (unpaired) electrons. The van der Waals surface area contributed by atoms with Crippen LogP contribution in [-0.2, 0) is 4.79 Å². The molecule has 1 saturated heterocycles. The van der Waals surface area contributed by atoms with E-state index >= 15 is 0 Å². The molecule has 2 aliphatic rings. The second-order valence-corrected chi connectivity index (χ2v) is 7.51. The summed E-state index contributed by atoms with van der Waals surface area (Å²) in [6.07, 6.45) is 7.33. The number of hydrogen-bond donors (Lipinski definition) is 2. The highest BCUT2D eigenvalue weighted by Crippen LogP contribution is 2.38. The SMILES string of the molecule is CC(C(=O)Nc1ccc(-c2n[nH]c(C3CC3)n2)cc1)N1CCCCCC1. The quantitative estimate of drug-likeness (QED) is 0.862. The van der Waals surface area contributed by atoms with Gasteiger partial charge in [0.15, 0.2) is 5.82 Å². The molecule has 1 aromatic carbocycles. The van der Waals surface area contributed by atoms with Gasteiger partial charge < -0.3 is 5.32 Å². The van der Waals surface area contributed by atoms with E-state index in [4.69, 9.17) is 0 Å². The van der Waals surface area contributed by atoms with Crippen molar-refractivity contribution in [1.82, 2.24) is 20.1 Å². The fourth-order valence-electron chi connectivity index (χ4n) is 3.54. The summed E-state index contributed by atoms with van der Waals surface area (Å²) in [5.74, 6) is 2.34. The molecule has 6 nitrogen and oxygen atoms in total. The van der Waals surface area contributed by atoms with Crippen LogP contribution >= 0.6 is 0 Å². The topological polar surface area (TPSA) is 73.9 Å². The van der Waals surface area contributed by atoms with Gasteiger partial charge in [-0.3, -0.25) is 14.8 Å². The first-order valence-corrected chi connectivity index (χ1v) is 9.78. The van der Waals surface area contributed by atoms with Crippen molar-refractivity contribution < 1.29 is 4.79 Å². The molecule has 2 heterocycles. The minimum atomic E-state index is -0.0955. The molecule has 2 fully saturated rings. The molecule has 1 amide bonds. The van der Waals surface area contributed by atoms with Crippen LogP contribution in [-0.4, -0.2) is 45.1 Å². The van der Waals surface area contributed by atoms with Crippen molar-refractivity contribution in [2.75, 3.05) is 18.4 Å². The number of likely N-dealkylation sites (tertiary alicyclic amines) is 1. The number of hydrogen-bond acceptors (Lipinski definition) is 4. The van der Waals surface area contributed by atoms with Gasteiger partial charge in [0.2, 0.25) is 5.91 Å². The van der Waals surface area contributed by atoms with E-state index < -0.39 is 0 Å². The second kappa shape index (κ2) is 7.58. The predicted molar refractivity (Wildman–Crippen MR) is 102 cm³/mol. The summed E-state index contributed by atoms with van der Waals surface area (Å²) in [5, 5.41) is 10.4. The molecule has 26 heavy (non-hydrogen) atoms. The second-order valence-electron chi connectivity index (χ2n) is 7.51. The van der Waals surface area contributed by atoms with Gasteiger partial charge in [0.05, 0.1) is 6.04 Å². The van der Waals surface area contributed by atoms with E-state index in [-0.39, 0.29) is 11.9 Å². The molecule has 4 rings (SSSR count). The van der Waals surface area contributed by atoms with Gasteiger partial charge in [0, 0.05) is 17.2 Å². The molecule has 1 aliphatic heterocycles. The summed E-state index contributed by atoms with van der Waals surface area (Å²) in [5.41, 5.74) is 1.78. The van der Waals surface area contributed by atoms with Crippen LogP contribution in [0.15, 0.2) is 24.3 Å². The molecule has 138 valence electrons. The third-order valence-electron chi connectivity index (χ3n) is 5.45. The lowest BCUT2D eigenvalue weighted by molar-refractivity contribution is -0.120. The number of H-pyrrole nitrogens is 1. The lowest BCUT2D eigenvalue weighted by Crippen LogP contribution is -2.42. The van der Waals surface area contributed by atoms with Gasteiger partial charge in [-0.05, 0) is 70.0 Å². The summed E-state index contributed by atoms with van der Waals surface area (Å²) < 4.78 is 0. The molecule has 0 bridgehead atoms. The van der Waals surface area contributed by atoms with E-state index in [2.05, 4.69) is 25.4 Å². The molecule has 1 aromatic heterocycles. The van der Waals surface area contributed by atoms with Crippen LogP contribution < -0.4 is 5.32 Å². The van der Waals surface area contributed by atoms with Crippen molar-refractivity contribution in [3.63, 3.8) is 0 Å². The summed E-state index contributed by atoms with van der Waals surface area (Å²) in [7, 11) is 0. The standard InChI is InChI=1S/C20H27N5O/c1-14(25-12-4-2-3-5-13-25)20(26)21-17-10-8-16(9-11-17)19-22-18(23-24-19)15-6-7-15/h8-11,14-15H,2-7,12-13H2,1H3,(H,21,26)(H,22,23,24). The summed E-state index contributed by atoms with van der Waals surface area (Å²) in [6.45, 7) is 4.03. The van der Waals surface area contributed by atoms with E-state index in [0.29, 0.717) is 5.92 Å². The highest BCUT2D eigenvalue weighted by atomic mass is 16.2. The average molecular weight is 353 g/mol. The minimum Gasteiger partial charge on any atom is -0.325 e. The van der Waals surface area contributed by atoms with Gasteiger partial charge in [-0.2, -0.15) is 5.10 Å². The number of anilines is 1. The van der Waals surface area contributed by atoms with Crippen LogP contribution in [0.4, 0.5) is 5.69 Å². The van der Waals surface area contributed by atoms with Crippen molar-refractivity contribution >= 4 is 11.6 Å². The van der Waals surface area contributed by atoms with Crippen LogP contribution in [0, 0.1) is 0 Å². The number of aromatic amines is 1. The van der Waals surface area contributed by atoms with Crippen molar-refractivity contribution in [3.8, 4) is 11.4 Å². The number of nitrogens with zero attached hydrogens (tertiary/aromatic N) is 3. The van der Waals surface area contributed by atoms with E-state index in [1.54, 1.807) is 0 Å². The van der Waals surface area contributed by atoms with E-state index in [1.807, 2.05) is 31.2 Å². The number of amides is 1. The minimum absolute atomic E-state index is 0.0635. The first-order chi connectivity index (χ1) is 12.7. The van der Waals surface area contributed by atoms with Crippen LogP contribution in [0.5, 0.6) is 0 Å². The van der Waals surface area contributed by atoms with E-state index in [0.717, 1.165) is 36.0 Å². The normalized spacial score (nSPS) is 19.7. The highest BCUT2D eigenvalue weighted by molar-refractivity contribution is 5.94. The maximum Gasteiger partial charge on any atom is 0.241 e. The molecule has 2 aromatic rings. The molecule has 1 saturated carbocycles. The number of nitrogens with one attached hydrogen (secondary N) is 2. The number of aromatic nitrogens is 3. The molecule has 1 unspecified atom stereocenters. The summed E-state index contributed by atoms with van der Waals surface area (Å²) in [4.78, 5) is 19.4. The van der Waals surface area contributed by atoms with Gasteiger partial charge in [0.1, 0.15) is 5.82 Å². The fourth-order valence-corrected chi connectivity index (χ4v) is 3.54. The zero-order chi connectivity index (χ0) is 17.9. The Balaban J connectivity index is 1.37. The molecular weight excluding hydrogens is 326 g/mol. The highest BCUT2D eigenvalue weighted by Gasteiger charge is 2.27. The number of carbonyl (C=O) groups excluding carboxylic acids is 1. The van der Waals surface area contributed by atoms with Gasteiger partial charge >= 0.3 is 0 Å². The zero-order valence-electron chi connectivity index (χ0n) is 15.4. The van der Waals surface area contributed by atoms with Crippen molar-refractivity contribution in [2.45, 2.75) is 57.4 Å². The van der Waals surface area contributed by atoms with E-state index in [9.17, 15) is 4.79 Å². The lowest BCUT2D eigenvalue weighted by atomic mass is 10.2. The summed E-state index contributed by atoms with van der Waals surface area (Å²) in [6, 6.07) is 7.69. The smallest absolute Gasteiger partial charge is 0.241 e. The first kappa shape index (κ1) is 17.2. The van der Waals surface area contributed by atoms with Gasteiger partial charge in [-0.25, -0.2) is 4.98 Å². The number of rotatable bonds is 5. The van der Waals surface area contributed by atoms with Gasteiger partial charge in [0.25, 0.3) is 0 Å². The van der Waals surface area contributed by atoms with Crippen molar-refractivity contribution in [3.05, 3.63) is 30.1 Å². The Hall–Kier alpha value is -2.21. The van der Waals surface area contributed by atoms with Gasteiger partial charge in [-0.1, -0.05) is 12.8 Å². The average Bonchev–Trinajstić information content (AvgIpc) is 3.45. The Kier molecular flexibility index (Phi) is 5.02.